The largest absolute Gasteiger partial charge is 0.476 e. The summed E-state index contributed by atoms with van der Waals surface area (Å²) in [7, 11) is 0. The predicted octanol–water partition coefficient (Wildman–Crippen LogP) is 5.79. The van der Waals surface area contributed by atoms with Gasteiger partial charge in [0.05, 0.1) is 10.6 Å². The summed E-state index contributed by atoms with van der Waals surface area (Å²) in [5.74, 6) is 0.609. The van der Waals surface area contributed by atoms with Gasteiger partial charge in [-0.15, -0.1) is 0 Å². The first-order chi connectivity index (χ1) is 13.5. The van der Waals surface area contributed by atoms with Gasteiger partial charge in [0.1, 0.15) is 18.1 Å². The van der Waals surface area contributed by atoms with Crippen molar-refractivity contribution in [2.75, 3.05) is 6.73 Å². The molecule has 0 atom stereocenters. The number of benzene rings is 2. The van der Waals surface area contributed by atoms with Gasteiger partial charge in [0.25, 0.3) is 0 Å². The SMILES string of the molecule is CCCCc1cc(=O)oc2c3c(c(Cl)cc12)OCN(Cc1ccc(Cl)cc1)C3. The van der Waals surface area contributed by atoms with Gasteiger partial charge in [-0.25, -0.2) is 4.79 Å². The van der Waals surface area contributed by atoms with Gasteiger partial charge in [-0.3, -0.25) is 4.90 Å². The van der Waals surface area contributed by atoms with E-state index in [0.717, 1.165) is 41.3 Å². The van der Waals surface area contributed by atoms with Crippen molar-refractivity contribution in [2.45, 2.75) is 39.3 Å². The van der Waals surface area contributed by atoms with Crippen LogP contribution in [-0.4, -0.2) is 11.6 Å². The van der Waals surface area contributed by atoms with E-state index < -0.39 is 0 Å². The number of aryl methyl sites for hydroxylation is 1. The molecule has 1 aromatic heterocycles. The molecule has 0 radical (unpaired) electrons. The van der Waals surface area contributed by atoms with Crippen LogP contribution in [0.1, 0.15) is 36.5 Å². The van der Waals surface area contributed by atoms with Crippen LogP contribution >= 0.6 is 23.2 Å². The summed E-state index contributed by atoms with van der Waals surface area (Å²) in [6, 6.07) is 11.2. The molecule has 146 valence electrons. The Kier molecular flexibility index (Phi) is 5.63. The summed E-state index contributed by atoms with van der Waals surface area (Å²) < 4.78 is 11.5. The first-order valence-electron chi connectivity index (χ1n) is 9.43. The van der Waals surface area contributed by atoms with Crippen LogP contribution in [0, 0.1) is 0 Å². The predicted molar refractivity (Wildman–Crippen MR) is 112 cm³/mol. The van der Waals surface area contributed by atoms with Crippen molar-refractivity contribution in [3.8, 4) is 5.75 Å². The van der Waals surface area contributed by atoms with Crippen LogP contribution in [0.15, 0.2) is 45.6 Å². The topological polar surface area (TPSA) is 42.7 Å². The molecule has 4 rings (SSSR count). The average Bonchev–Trinajstić information content (AvgIpc) is 2.69. The number of nitrogens with zero attached hydrogens (tertiary/aromatic N) is 1. The summed E-state index contributed by atoms with van der Waals surface area (Å²) in [5, 5.41) is 2.16. The highest BCUT2D eigenvalue weighted by Gasteiger charge is 2.25. The molecule has 0 saturated carbocycles. The van der Waals surface area contributed by atoms with Gasteiger partial charge in [0, 0.05) is 29.6 Å². The molecular weight excluding hydrogens is 397 g/mol. The highest BCUT2D eigenvalue weighted by atomic mass is 35.5. The van der Waals surface area contributed by atoms with E-state index in [1.54, 1.807) is 6.07 Å². The molecule has 0 spiro atoms. The Morgan fingerprint density at radius 2 is 1.93 bits per heavy atom. The van der Waals surface area contributed by atoms with Crippen LogP contribution in [0.2, 0.25) is 10.0 Å². The van der Waals surface area contributed by atoms with Gasteiger partial charge in [-0.2, -0.15) is 0 Å². The van der Waals surface area contributed by atoms with E-state index >= 15 is 0 Å². The van der Waals surface area contributed by atoms with E-state index in [4.69, 9.17) is 32.4 Å². The highest BCUT2D eigenvalue weighted by molar-refractivity contribution is 6.33. The second kappa shape index (κ2) is 8.16. The highest BCUT2D eigenvalue weighted by Crippen LogP contribution is 2.39. The fourth-order valence-electron chi connectivity index (χ4n) is 3.62. The first kappa shape index (κ1) is 19.3. The Balaban J connectivity index is 1.72. The smallest absolute Gasteiger partial charge is 0.336 e. The van der Waals surface area contributed by atoms with Crippen molar-refractivity contribution in [1.82, 2.24) is 4.90 Å². The summed E-state index contributed by atoms with van der Waals surface area (Å²) in [5.41, 5.74) is 3.19. The Labute approximate surface area is 173 Å². The summed E-state index contributed by atoms with van der Waals surface area (Å²) in [6.45, 7) is 3.84. The zero-order valence-electron chi connectivity index (χ0n) is 15.6. The fraction of sp³-hybridized carbons (Fsp3) is 0.318. The van der Waals surface area contributed by atoms with Gasteiger partial charge >= 0.3 is 5.63 Å². The maximum atomic E-state index is 12.2. The molecule has 3 aromatic rings. The molecule has 0 saturated heterocycles. The second-order valence-corrected chi connectivity index (χ2v) is 7.97. The molecule has 28 heavy (non-hydrogen) atoms. The average molecular weight is 418 g/mol. The zero-order chi connectivity index (χ0) is 19.7. The standard InChI is InChI=1S/C22H21Cl2NO3/c1-2-3-4-15-9-20(26)28-21-17(15)10-19(24)22-18(21)12-25(13-27-22)11-14-5-7-16(23)8-6-14/h5-10H,2-4,11-13H2,1H3. The van der Waals surface area contributed by atoms with E-state index in [1.165, 1.54) is 0 Å². The molecule has 1 aliphatic heterocycles. The summed E-state index contributed by atoms with van der Waals surface area (Å²) in [6.07, 6.45) is 2.88. The maximum Gasteiger partial charge on any atom is 0.336 e. The van der Waals surface area contributed by atoms with Crippen LogP contribution < -0.4 is 10.4 Å². The molecule has 0 fully saturated rings. The van der Waals surface area contributed by atoms with Crippen molar-refractivity contribution < 1.29 is 9.15 Å². The van der Waals surface area contributed by atoms with Crippen LogP contribution in [0.5, 0.6) is 5.75 Å². The van der Waals surface area contributed by atoms with Gasteiger partial charge < -0.3 is 9.15 Å². The number of hydrogen-bond acceptors (Lipinski definition) is 4. The van der Waals surface area contributed by atoms with Gasteiger partial charge in [0.2, 0.25) is 0 Å². The number of rotatable bonds is 5. The van der Waals surface area contributed by atoms with Crippen molar-refractivity contribution in [3.05, 3.63) is 73.6 Å². The lowest BCUT2D eigenvalue weighted by atomic mass is 10.0. The third-order valence-corrected chi connectivity index (χ3v) is 5.55. The maximum absolute atomic E-state index is 12.2. The van der Waals surface area contributed by atoms with Gasteiger partial charge in [0.15, 0.2) is 0 Å². The normalized spacial score (nSPS) is 14.1. The molecule has 4 nitrogen and oxygen atoms in total. The van der Waals surface area contributed by atoms with E-state index in [-0.39, 0.29) is 5.63 Å². The third-order valence-electron chi connectivity index (χ3n) is 5.01. The molecule has 0 N–H and O–H groups in total. The number of halogens is 2. The van der Waals surface area contributed by atoms with E-state index in [9.17, 15) is 4.79 Å². The fourth-order valence-corrected chi connectivity index (χ4v) is 4.02. The number of ether oxygens (including phenoxy) is 1. The van der Waals surface area contributed by atoms with Crippen LogP contribution in [0.25, 0.3) is 11.0 Å². The number of fused-ring (bicyclic) bond motifs is 3. The molecule has 6 heteroatoms. The molecule has 0 bridgehead atoms. The monoisotopic (exact) mass is 417 g/mol. The number of unbranched alkanes of at least 4 members (excludes halogenated alkanes) is 1. The minimum Gasteiger partial charge on any atom is -0.476 e. The van der Waals surface area contributed by atoms with Crippen molar-refractivity contribution in [3.63, 3.8) is 0 Å². The quantitative estimate of drug-likeness (QED) is 0.492. The minimum atomic E-state index is -0.335. The molecule has 2 aromatic carbocycles. The molecule has 1 aliphatic rings. The number of hydrogen-bond donors (Lipinski definition) is 0. The summed E-state index contributed by atoms with van der Waals surface area (Å²) >= 11 is 12.5. The van der Waals surface area contributed by atoms with E-state index in [0.29, 0.717) is 41.2 Å². The Morgan fingerprint density at radius 1 is 1.14 bits per heavy atom. The van der Waals surface area contributed by atoms with Crippen molar-refractivity contribution in [1.29, 1.82) is 0 Å². The zero-order valence-corrected chi connectivity index (χ0v) is 17.1. The van der Waals surface area contributed by atoms with E-state index in [1.807, 2.05) is 30.3 Å². The Hall–Kier alpha value is -2.01. The second-order valence-electron chi connectivity index (χ2n) is 7.12. The van der Waals surface area contributed by atoms with E-state index in [2.05, 4.69) is 11.8 Å². The minimum absolute atomic E-state index is 0.335. The third kappa shape index (κ3) is 3.90. The lowest BCUT2D eigenvalue weighted by Crippen LogP contribution is -2.32. The molecular formula is C22H21Cl2NO3. The van der Waals surface area contributed by atoms with Crippen molar-refractivity contribution in [2.24, 2.45) is 0 Å². The molecule has 0 aliphatic carbocycles. The molecule has 0 unspecified atom stereocenters. The molecule has 2 heterocycles. The summed E-state index contributed by atoms with van der Waals surface area (Å²) in [4.78, 5) is 14.3. The Bertz CT molecular complexity index is 1060. The Morgan fingerprint density at radius 3 is 2.68 bits per heavy atom. The first-order valence-corrected chi connectivity index (χ1v) is 10.2. The van der Waals surface area contributed by atoms with Crippen LogP contribution in [0.4, 0.5) is 0 Å². The van der Waals surface area contributed by atoms with Gasteiger partial charge in [-0.1, -0.05) is 48.7 Å². The van der Waals surface area contributed by atoms with Crippen LogP contribution in [0.3, 0.4) is 0 Å². The lowest BCUT2D eigenvalue weighted by Gasteiger charge is -2.30. The molecule has 0 amide bonds. The van der Waals surface area contributed by atoms with Gasteiger partial charge in [-0.05, 0) is 42.2 Å². The van der Waals surface area contributed by atoms with Crippen molar-refractivity contribution >= 4 is 34.2 Å². The van der Waals surface area contributed by atoms with Crippen LogP contribution in [-0.2, 0) is 19.5 Å². The lowest BCUT2D eigenvalue weighted by molar-refractivity contribution is 0.0890.